The van der Waals surface area contributed by atoms with Gasteiger partial charge in [0.15, 0.2) is 0 Å². The van der Waals surface area contributed by atoms with Gasteiger partial charge in [0, 0.05) is 12.2 Å². The fraction of sp³-hybridized carbons (Fsp3) is 0.375. The van der Waals surface area contributed by atoms with Crippen LogP contribution < -0.4 is 5.32 Å². The van der Waals surface area contributed by atoms with Crippen molar-refractivity contribution >= 4 is 24.7 Å². The molecule has 0 saturated carbocycles. The van der Waals surface area contributed by atoms with Gasteiger partial charge in [0.05, 0.1) is 12.7 Å². The van der Waals surface area contributed by atoms with E-state index in [0.717, 1.165) is 13.2 Å². The van der Waals surface area contributed by atoms with Gasteiger partial charge in [0.2, 0.25) is 0 Å². The lowest BCUT2D eigenvalue weighted by Crippen LogP contribution is -2.17. The molecule has 3 heteroatoms. The predicted molar refractivity (Wildman–Crippen MR) is 55.0 cm³/mol. The minimum Gasteiger partial charge on any atom is -0.382 e. The topological polar surface area (TPSA) is 24.6 Å². The van der Waals surface area contributed by atoms with Crippen LogP contribution in [0.5, 0.6) is 0 Å². The fourth-order valence-corrected chi connectivity index (χ4v) is 2.31. The summed E-state index contributed by atoms with van der Waals surface area (Å²) < 4.78 is 9.63. The third-order valence-electron chi connectivity index (χ3n) is 1.54. The van der Waals surface area contributed by atoms with Crippen molar-refractivity contribution in [2.45, 2.75) is 6.10 Å². The quantitative estimate of drug-likeness (QED) is 0.610. The summed E-state index contributed by atoms with van der Waals surface area (Å²) in [5, 5.41) is 3.34. The van der Waals surface area contributed by atoms with E-state index in [4.69, 9.17) is 4.74 Å². The first-order valence-corrected chi connectivity index (χ1v) is 6.12. The molecule has 2 heterocycles. The lowest BCUT2D eigenvalue weighted by Gasteiger charge is -2.04. The van der Waals surface area contributed by atoms with Crippen molar-refractivity contribution < 1.29 is 4.74 Å². The normalized spacial score (nSPS) is 27.3. The monoisotopic (exact) mass is 263 g/mol. The van der Waals surface area contributed by atoms with Gasteiger partial charge in [-0.05, 0) is 14.2 Å². The molecule has 0 bridgehead atoms. The Morgan fingerprint density at radius 1 is 1.73 bits per heavy atom. The summed E-state index contributed by atoms with van der Waals surface area (Å²) in [4.78, 5) is 0. The van der Waals surface area contributed by atoms with Crippen molar-refractivity contribution in [1.29, 1.82) is 0 Å². The molecule has 2 rings (SSSR count). The second-order valence-corrected chi connectivity index (χ2v) is 4.57. The Hall–Kier alpha value is -0.160. The van der Waals surface area contributed by atoms with Gasteiger partial charge in [-0.2, -0.15) is 0 Å². The predicted octanol–water partition coefficient (Wildman–Crippen LogP) is 1.16. The molecule has 2 aliphatic rings. The molecule has 1 fully saturated rings. The lowest BCUT2D eigenvalue weighted by atomic mass is 10.4. The first-order chi connectivity index (χ1) is 5.45. The van der Waals surface area contributed by atoms with Crippen molar-refractivity contribution in [2.75, 3.05) is 13.2 Å². The maximum absolute atomic E-state index is 5.09. The summed E-state index contributed by atoms with van der Waals surface area (Å²) in [5.74, 6) is 0. The molecule has 11 heavy (non-hydrogen) atoms. The van der Waals surface area contributed by atoms with E-state index in [1.165, 1.54) is 5.70 Å². The number of hydrogen-bond donors (Lipinski definition) is 1. The Balaban J connectivity index is 1.80. The molecule has 0 aromatic rings. The summed E-state index contributed by atoms with van der Waals surface area (Å²) >= 11 is 0.185. The van der Waals surface area contributed by atoms with Crippen LogP contribution in [0.2, 0.25) is 0 Å². The highest BCUT2D eigenvalue weighted by molar-refractivity contribution is 14.2. The molecule has 0 spiro atoms. The van der Waals surface area contributed by atoms with Gasteiger partial charge in [-0.3, -0.25) is 0 Å². The summed E-state index contributed by atoms with van der Waals surface area (Å²) in [5.41, 5.74) is 1.27. The number of hydrogen-bond acceptors (Lipinski definition) is 2. The third kappa shape index (κ3) is 2.41. The van der Waals surface area contributed by atoms with Gasteiger partial charge in [0.25, 0.3) is 0 Å². The van der Waals surface area contributed by atoms with Gasteiger partial charge in [0.1, 0.15) is 0 Å². The minimum atomic E-state index is 0.185. The van der Waals surface area contributed by atoms with Gasteiger partial charge >= 0.3 is 0 Å². The molecule has 0 amide bonds. The summed E-state index contributed by atoms with van der Waals surface area (Å²) in [6.45, 7) is 1.91. The first kappa shape index (κ1) is 7.49. The van der Waals surface area contributed by atoms with E-state index in [2.05, 4.69) is 25.6 Å². The van der Waals surface area contributed by atoms with Crippen LogP contribution in [0.4, 0.5) is 0 Å². The highest BCUT2D eigenvalue weighted by Gasteiger charge is 2.21. The van der Waals surface area contributed by atoms with Crippen molar-refractivity contribution in [3.05, 3.63) is 21.9 Å². The largest absolute Gasteiger partial charge is 0.382 e. The van der Waals surface area contributed by atoms with Gasteiger partial charge in [-0.1, -0.05) is 26.8 Å². The molecule has 1 unspecified atom stereocenters. The Morgan fingerprint density at radius 3 is 3.27 bits per heavy atom. The molecule has 0 radical (unpaired) electrons. The standard InChI is InChI=1S/C8H10INO/c1-2-7(4-9-3-1)10-5-8-6-11-8/h1-4,8,10H,5-6H2. The fourth-order valence-electron chi connectivity index (χ4n) is 0.838. The number of rotatable bonds is 3. The zero-order chi connectivity index (χ0) is 7.52. The van der Waals surface area contributed by atoms with Gasteiger partial charge < -0.3 is 10.1 Å². The van der Waals surface area contributed by atoms with Crippen LogP contribution in [0.1, 0.15) is 0 Å². The molecular formula is C8H10INO. The van der Waals surface area contributed by atoms with E-state index in [1.54, 1.807) is 0 Å². The average Bonchev–Trinajstić information content (AvgIpc) is 2.86. The zero-order valence-electron chi connectivity index (χ0n) is 6.09. The van der Waals surface area contributed by atoms with Crippen LogP contribution in [-0.4, -0.2) is 23.3 Å². The molecule has 0 aliphatic carbocycles. The lowest BCUT2D eigenvalue weighted by molar-refractivity contribution is 0.403. The van der Waals surface area contributed by atoms with Crippen LogP contribution >= 0.6 is 20.7 Å². The Kier molecular flexibility index (Phi) is 2.38. The summed E-state index contributed by atoms with van der Waals surface area (Å²) in [6.07, 6.45) is 4.73. The highest BCUT2D eigenvalue weighted by Crippen LogP contribution is 2.11. The van der Waals surface area contributed by atoms with Crippen LogP contribution in [0.3, 0.4) is 0 Å². The van der Waals surface area contributed by atoms with Crippen molar-refractivity contribution in [3.63, 3.8) is 0 Å². The molecule has 2 nitrogen and oxygen atoms in total. The van der Waals surface area contributed by atoms with E-state index in [0.29, 0.717) is 6.10 Å². The van der Waals surface area contributed by atoms with Crippen LogP contribution in [0.25, 0.3) is 0 Å². The Labute approximate surface area is 76.1 Å². The molecule has 60 valence electrons. The minimum absolute atomic E-state index is 0.185. The van der Waals surface area contributed by atoms with Crippen molar-refractivity contribution in [2.24, 2.45) is 0 Å². The maximum Gasteiger partial charge on any atom is 0.0981 e. The Bertz CT molecular complexity index is 228. The maximum atomic E-state index is 5.09. The first-order valence-electron chi connectivity index (χ1n) is 3.62. The van der Waals surface area contributed by atoms with Crippen molar-refractivity contribution in [3.8, 4) is 0 Å². The van der Waals surface area contributed by atoms with E-state index >= 15 is 0 Å². The Morgan fingerprint density at radius 2 is 2.64 bits per heavy atom. The molecule has 2 aliphatic heterocycles. The SMILES string of the molecule is C1=CC(NCC2CO2)=CI=C1. The molecule has 0 aromatic heterocycles. The molecule has 1 saturated heterocycles. The van der Waals surface area contributed by atoms with E-state index < -0.39 is 0 Å². The number of ether oxygens (including phenoxy) is 1. The van der Waals surface area contributed by atoms with Crippen molar-refractivity contribution in [1.82, 2.24) is 5.32 Å². The smallest absolute Gasteiger partial charge is 0.0981 e. The second-order valence-electron chi connectivity index (χ2n) is 2.51. The van der Waals surface area contributed by atoms with E-state index in [1.807, 2.05) is 0 Å². The van der Waals surface area contributed by atoms with E-state index in [-0.39, 0.29) is 20.7 Å². The number of epoxide rings is 1. The zero-order valence-corrected chi connectivity index (χ0v) is 8.24. The van der Waals surface area contributed by atoms with Gasteiger partial charge in [-0.15, -0.1) is 0 Å². The van der Waals surface area contributed by atoms with E-state index in [9.17, 15) is 0 Å². The van der Waals surface area contributed by atoms with Gasteiger partial charge in [-0.25, -0.2) is 0 Å². The summed E-state index contributed by atoms with van der Waals surface area (Å²) in [6, 6.07) is 0. The molecule has 1 atom stereocenters. The summed E-state index contributed by atoms with van der Waals surface area (Å²) in [7, 11) is 0. The number of allylic oxidation sites excluding steroid dienone is 2. The third-order valence-corrected chi connectivity index (χ3v) is 3.40. The van der Waals surface area contributed by atoms with Crippen LogP contribution in [-0.2, 0) is 4.74 Å². The molecule has 1 N–H and O–H groups in total. The molecular weight excluding hydrogens is 253 g/mol. The highest BCUT2D eigenvalue weighted by atomic mass is 127. The number of halogens is 1. The van der Waals surface area contributed by atoms with Crippen LogP contribution in [0.15, 0.2) is 21.9 Å². The number of nitrogens with one attached hydrogen (secondary N) is 1. The second kappa shape index (κ2) is 3.49. The van der Waals surface area contributed by atoms with Crippen LogP contribution in [0, 0.1) is 0 Å². The molecule has 0 aromatic carbocycles. The average molecular weight is 263 g/mol.